The van der Waals surface area contributed by atoms with E-state index >= 15 is 0 Å². The lowest BCUT2D eigenvalue weighted by atomic mass is 9.93. The number of fused-ring (bicyclic) bond motifs is 2. The van der Waals surface area contributed by atoms with Crippen LogP contribution in [-0.4, -0.2) is 40.2 Å². The van der Waals surface area contributed by atoms with E-state index in [0.717, 1.165) is 18.4 Å². The van der Waals surface area contributed by atoms with Gasteiger partial charge in [0.15, 0.2) is 6.10 Å². The Kier molecular flexibility index (Phi) is 6.61. The maximum absolute atomic E-state index is 10.2. The van der Waals surface area contributed by atoms with E-state index < -0.39 is 12.1 Å². The summed E-state index contributed by atoms with van der Waals surface area (Å²) in [5.41, 5.74) is 8.04. The van der Waals surface area contributed by atoms with Crippen LogP contribution >= 0.6 is 0 Å². The topological polar surface area (TPSA) is 86.8 Å². The summed E-state index contributed by atoms with van der Waals surface area (Å²) in [6.07, 6.45) is 1.28. The number of carboxylic acids is 1. The highest BCUT2D eigenvalue weighted by Crippen LogP contribution is 2.35. The highest BCUT2D eigenvalue weighted by atomic mass is 16.4. The van der Waals surface area contributed by atoms with Crippen molar-refractivity contribution in [1.29, 1.82) is 0 Å². The number of aliphatic hydroxyl groups excluding tert-OH is 1. The van der Waals surface area contributed by atoms with Crippen molar-refractivity contribution < 1.29 is 15.0 Å². The van der Waals surface area contributed by atoms with Crippen LogP contribution in [-0.2, 0) is 11.3 Å². The molecule has 5 nitrogen and oxygen atoms in total. The maximum Gasteiger partial charge on any atom is 0.337 e. The highest BCUT2D eigenvalue weighted by molar-refractivity contribution is 5.73. The van der Waals surface area contributed by atoms with Gasteiger partial charge in [0.2, 0.25) is 0 Å². The molecule has 1 saturated heterocycles. The van der Waals surface area contributed by atoms with Gasteiger partial charge < -0.3 is 15.9 Å². The molecule has 4 rings (SSSR count). The average molecular weight is 368 g/mol. The van der Waals surface area contributed by atoms with E-state index in [-0.39, 0.29) is 0 Å². The van der Waals surface area contributed by atoms with Gasteiger partial charge in [-0.3, -0.25) is 4.90 Å². The van der Waals surface area contributed by atoms with Gasteiger partial charge in [0.05, 0.1) is 0 Å². The van der Waals surface area contributed by atoms with E-state index in [2.05, 4.69) is 35.2 Å². The molecule has 0 spiro atoms. The van der Waals surface area contributed by atoms with Gasteiger partial charge in [0.25, 0.3) is 0 Å². The SMILES string of the molecule is NC1C2CCC1CN(Cc1ccccc1)C2.O=C(O)[C@@H](O)c1ccccc1. The number of aliphatic hydroxyl groups is 1. The number of aliphatic carboxylic acids is 1. The molecular weight excluding hydrogens is 340 g/mol. The molecule has 0 aromatic heterocycles. The summed E-state index contributed by atoms with van der Waals surface area (Å²) >= 11 is 0. The first-order valence-electron chi connectivity index (χ1n) is 9.52. The van der Waals surface area contributed by atoms with Crippen LogP contribution in [0.3, 0.4) is 0 Å². The molecule has 4 N–H and O–H groups in total. The fourth-order valence-corrected chi connectivity index (χ4v) is 4.11. The Morgan fingerprint density at radius 3 is 2.04 bits per heavy atom. The van der Waals surface area contributed by atoms with Gasteiger partial charge in [-0.05, 0) is 35.8 Å². The summed E-state index contributed by atoms with van der Waals surface area (Å²) < 4.78 is 0. The van der Waals surface area contributed by atoms with E-state index in [1.54, 1.807) is 30.3 Å². The Hall–Kier alpha value is -2.21. The molecule has 1 saturated carbocycles. The molecule has 144 valence electrons. The van der Waals surface area contributed by atoms with Gasteiger partial charge in [0.1, 0.15) is 0 Å². The van der Waals surface area contributed by atoms with Gasteiger partial charge >= 0.3 is 5.97 Å². The van der Waals surface area contributed by atoms with Crippen molar-refractivity contribution >= 4 is 5.97 Å². The van der Waals surface area contributed by atoms with Crippen molar-refractivity contribution in [3.8, 4) is 0 Å². The highest BCUT2D eigenvalue weighted by Gasteiger charge is 2.39. The van der Waals surface area contributed by atoms with Gasteiger partial charge in [-0.2, -0.15) is 0 Å². The molecule has 2 aromatic rings. The molecule has 5 heteroatoms. The number of likely N-dealkylation sites (tertiary alicyclic amines) is 1. The van der Waals surface area contributed by atoms with Crippen LogP contribution < -0.4 is 5.73 Å². The van der Waals surface area contributed by atoms with E-state index in [4.69, 9.17) is 15.9 Å². The number of carbonyl (C=O) groups is 1. The molecule has 0 radical (unpaired) electrons. The molecule has 2 aliphatic rings. The molecular formula is C22H28N2O3. The van der Waals surface area contributed by atoms with E-state index in [1.165, 1.54) is 31.5 Å². The van der Waals surface area contributed by atoms with E-state index in [0.29, 0.717) is 11.6 Å². The van der Waals surface area contributed by atoms with Crippen LogP contribution in [0.2, 0.25) is 0 Å². The summed E-state index contributed by atoms with van der Waals surface area (Å²) in [6.45, 7) is 3.50. The van der Waals surface area contributed by atoms with E-state index in [9.17, 15) is 4.79 Å². The monoisotopic (exact) mass is 368 g/mol. The Bertz CT molecular complexity index is 709. The second-order valence-electron chi connectivity index (χ2n) is 7.51. The number of nitrogens with zero attached hydrogens (tertiary/aromatic N) is 1. The predicted molar refractivity (Wildman–Crippen MR) is 105 cm³/mol. The molecule has 2 fully saturated rings. The first-order valence-corrected chi connectivity index (χ1v) is 9.52. The van der Waals surface area contributed by atoms with Gasteiger partial charge in [-0.15, -0.1) is 0 Å². The van der Waals surface area contributed by atoms with Crippen LogP contribution in [0.5, 0.6) is 0 Å². The minimum atomic E-state index is -1.41. The molecule has 27 heavy (non-hydrogen) atoms. The quantitative estimate of drug-likeness (QED) is 0.772. The number of benzene rings is 2. The van der Waals surface area contributed by atoms with Crippen molar-refractivity contribution in [2.24, 2.45) is 17.6 Å². The molecule has 0 amide bonds. The third-order valence-electron chi connectivity index (χ3n) is 5.58. The number of rotatable bonds is 4. The molecule has 3 atom stereocenters. The molecule has 2 unspecified atom stereocenters. The van der Waals surface area contributed by atoms with Crippen LogP contribution in [0.4, 0.5) is 0 Å². The maximum atomic E-state index is 10.2. The van der Waals surface area contributed by atoms with Gasteiger partial charge in [-0.25, -0.2) is 4.79 Å². The zero-order valence-electron chi connectivity index (χ0n) is 15.4. The summed E-state index contributed by atoms with van der Waals surface area (Å²) in [5.74, 6) is 0.279. The smallest absolute Gasteiger partial charge is 0.337 e. The van der Waals surface area contributed by atoms with Crippen LogP contribution in [0.15, 0.2) is 60.7 Å². The molecule has 1 aliphatic heterocycles. The third-order valence-corrected chi connectivity index (χ3v) is 5.58. The number of piperidine rings is 1. The van der Waals surface area contributed by atoms with Crippen molar-refractivity contribution in [2.45, 2.75) is 31.5 Å². The minimum absolute atomic E-state index is 0.403. The van der Waals surface area contributed by atoms with Gasteiger partial charge in [-0.1, -0.05) is 60.7 Å². The Balaban J connectivity index is 0.000000168. The molecule has 2 aromatic carbocycles. The lowest BCUT2D eigenvalue weighted by Crippen LogP contribution is -2.48. The van der Waals surface area contributed by atoms with Gasteiger partial charge in [0, 0.05) is 25.7 Å². The Morgan fingerprint density at radius 2 is 1.52 bits per heavy atom. The summed E-state index contributed by atoms with van der Waals surface area (Å²) in [4.78, 5) is 12.8. The average Bonchev–Trinajstić information content (AvgIpc) is 2.90. The lowest BCUT2D eigenvalue weighted by molar-refractivity contribution is -0.146. The van der Waals surface area contributed by atoms with E-state index in [1.807, 2.05) is 0 Å². The second kappa shape index (κ2) is 9.13. The van der Waals surface area contributed by atoms with Crippen LogP contribution in [0.1, 0.15) is 30.1 Å². The fourth-order valence-electron chi connectivity index (χ4n) is 4.11. The number of hydrogen-bond acceptors (Lipinski definition) is 4. The van der Waals surface area contributed by atoms with Crippen LogP contribution in [0.25, 0.3) is 0 Å². The molecule has 1 heterocycles. The Labute approximate surface area is 160 Å². The molecule has 1 aliphatic carbocycles. The Morgan fingerprint density at radius 1 is 1.00 bits per heavy atom. The van der Waals surface area contributed by atoms with Crippen molar-refractivity contribution in [3.05, 3.63) is 71.8 Å². The number of carboxylic acid groups (broad SMARTS) is 1. The lowest BCUT2D eigenvalue weighted by Gasteiger charge is -2.36. The zero-order chi connectivity index (χ0) is 19.2. The first kappa shape index (κ1) is 19.5. The largest absolute Gasteiger partial charge is 0.479 e. The third kappa shape index (κ3) is 5.16. The summed E-state index contributed by atoms with van der Waals surface area (Å²) in [6, 6.07) is 19.5. The summed E-state index contributed by atoms with van der Waals surface area (Å²) in [7, 11) is 0. The number of hydrogen-bond donors (Lipinski definition) is 3. The van der Waals surface area contributed by atoms with Crippen molar-refractivity contribution in [3.63, 3.8) is 0 Å². The van der Waals surface area contributed by atoms with Crippen LogP contribution in [0, 0.1) is 11.8 Å². The number of nitrogens with two attached hydrogens (primary N) is 1. The predicted octanol–water partition coefficient (Wildman–Crippen LogP) is 2.66. The summed E-state index contributed by atoms with van der Waals surface area (Å²) in [5, 5.41) is 17.4. The normalized spacial score (nSPS) is 25.3. The minimum Gasteiger partial charge on any atom is -0.479 e. The second-order valence-corrected chi connectivity index (χ2v) is 7.51. The molecule has 2 bridgehead atoms. The standard InChI is InChI=1S/C14H20N2.C8H8O3/c15-14-12-6-7-13(14)10-16(9-12)8-11-4-2-1-3-5-11;9-7(8(10)11)6-4-2-1-3-5-6/h1-5,12-14H,6-10,15H2;1-5,7,9H,(H,10,11)/t;7-/m.0/s1. The van der Waals surface area contributed by atoms with Crippen molar-refractivity contribution in [1.82, 2.24) is 4.90 Å². The fraction of sp³-hybridized carbons (Fsp3) is 0.409. The van der Waals surface area contributed by atoms with Crippen molar-refractivity contribution in [2.75, 3.05) is 13.1 Å². The first-order chi connectivity index (χ1) is 13.0. The zero-order valence-corrected chi connectivity index (χ0v) is 15.4.